The molecule has 0 saturated carbocycles. The number of carboxylic acid groups (broad SMARTS) is 1. The van der Waals surface area contributed by atoms with Crippen molar-refractivity contribution in [2.45, 2.75) is 102 Å². The summed E-state index contributed by atoms with van der Waals surface area (Å²) in [5, 5.41) is 34.1. The number of aromatic nitrogens is 1. The van der Waals surface area contributed by atoms with E-state index in [4.69, 9.17) is 14.5 Å². The van der Waals surface area contributed by atoms with Gasteiger partial charge in [0.05, 0.1) is 23.3 Å². The molecule has 0 aliphatic carbocycles. The van der Waals surface area contributed by atoms with Gasteiger partial charge in [-0.2, -0.15) is 0 Å². The van der Waals surface area contributed by atoms with Crippen LogP contribution in [0.5, 0.6) is 5.75 Å². The van der Waals surface area contributed by atoms with Gasteiger partial charge in [-0.1, -0.05) is 52.4 Å². The molecular weight excluding hydrogens is 594 g/mol. The lowest BCUT2D eigenvalue weighted by Gasteiger charge is -2.42. The van der Waals surface area contributed by atoms with Gasteiger partial charge in [-0.25, -0.2) is 14.6 Å². The van der Waals surface area contributed by atoms with Gasteiger partial charge in [-0.05, 0) is 48.7 Å². The van der Waals surface area contributed by atoms with Crippen molar-refractivity contribution in [2.75, 3.05) is 6.61 Å². The Kier molecular flexibility index (Phi) is 9.95. The highest BCUT2D eigenvalue weighted by atomic mass is 16.6. The summed E-state index contributed by atoms with van der Waals surface area (Å²) in [4.78, 5) is 57.2. The molecule has 4 heterocycles. The number of fused-ring (bicyclic) bond motifs is 4. The lowest BCUT2D eigenvalue weighted by atomic mass is 9.82. The Morgan fingerprint density at radius 2 is 1.89 bits per heavy atom. The van der Waals surface area contributed by atoms with Gasteiger partial charge in [0.15, 0.2) is 6.23 Å². The van der Waals surface area contributed by atoms with E-state index in [-0.39, 0.29) is 31.6 Å². The van der Waals surface area contributed by atoms with E-state index in [0.717, 1.165) is 43.1 Å². The van der Waals surface area contributed by atoms with Crippen molar-refractivity contribution in [3.63, 3.8) is 0 Å². The number of unbranched alkanes of at least 4 members (excludes halogenated alkanes) is 5. The fraction of sp³-hybridized carbons (Fsp3) is 0.500. The maximum Gasteiger partial charge on any atom is 0.355 e. The fourth-order valence-electron chi connectivity index (χ4n) is 6.40. The first-order valence-corrected chi connectivity index (χ1v) is 16.0. The number of amides is 1. The summed E-state index contributed by atoms with van der Waals surface area (Å²) in [7, 11) is 0. The first kappa shape index (κ1) is 32.9. The van der Waals surface area contributed by atoms with E-state index in [9.17, 15) is 34.5 Å². The van der Waals surface area contributed by atoms with Gasteiger partial charge in [0.25, 0.3) is 0 Å². The fourth-order valence-corrected chi connectivity index (χ4v) is 6.40. The molecule has 5 rings (SSSR count). The first-order valence-electron chi connectivity index (χ1n) is 16.0. The minimum absolute atomic E-state index is 0.00965. The second-order valence-corrected chi connectivity index (χ2v) is 12.1. The number of ether oxygens (including phenoxy) is 2. The minimum Gasteiger partial charge on any atom is -0.508 e. The minimum atomic E-state index is -1.85. The largest absolute Gasteiger partial charge is 0.508 e. The number of esters is 2. The molecule has 46 heavy (non-hydrogen) atoms. The Bertz CT molecular complexity index is 1600. The van der Waals surface area contributed by atoms with Crippen LogP contribution in [0.4, 0.5) is 0 Å². The zero-order chi connectivity index (χ0) is 33.0. The zero-order valence-corrected chi connectivity index (χ0v) is 26.2. The number of aromatic hydroxyl groups is 1. The number of benzene rings is 1. The number of carbonyl (C=O) groups excluding carboxylic acids is 3. The molecule has 0 fully saturated rings. The molecule has 12 heteroatoms. The van der Waals surface area contributed by atoms with E-state index < -0.39 is 41.7 Å². The number of phenols is 1. The van der Waals surface area contributed by atoms with Gasteiger partial charge < -0.3 is 35.0 Å². The monoisotopic (exact) mass is 635 g/mol. The van der Waals surface area contributed by atoms with Crippen LogP contribution < -0.4 is 5.32 Å². The average Bonchev–Trinajstić information content (AvgIpc) is 3.39. The average molecular weight is 636 g/mol. The number of nitrogens with one attached hydrogen (secondary N) is 1. The summed E-state index contributed by atoms with van der Waals surface area (Å²) in [5.74, 6) is -3.25. The number of nitrogens with zero attached hydrogens (tertiary/aromatic N) is 2. The third kappa shape index (κ3) is 6.57. The lowest BCUT2D eigenvalue weighted by Crippen LogP contribution is -2.53. The maximum atomic E-state index is 13.3. The number of cyclic esters (lactones) is 1. The highest BCUT2D eigenvalue weighted by molar-refractivity contribution is 5.93. The standard InChI is InChI=1S/C34H41N3O9/c1-3-5-6-7-8-9-10-26(32(42)43)35-28(39)13-14-29(40)46-34(4-2)24-17-27-30-21(15-20-16-22(38)11-12-25(20)36-30)18-37(27)31(41)23(24)19-45-33(34)44/h11-12,15-17,26,31,38,41H,3-10,13-14,18-19H2,1-2H3,(H,35,39)(H,42,43)/t26?,31?,34-/m0/s1. The van der Waals surface area contributed by atoms with E-state index in [0.29, 0.717) is 47.4 Å². The summed E-state index contributed by atoms with van der Waals surface area (Å²) in [6, 6.07) is 5.68. The molecular formula is C34H41N3O9. The Morgan fingerprint density at radius 1 is 1.13 bits per heavy atom. The van der Waals surface area contributed by atoms with Crippen LogP contribution in [-0.4, -0.2) is 73.5 Å². The van der Waals surface area contributed by atoms with Crippen molar-refractivity contribution in [1.82, 2.24) is 15.2 Å². The molecule has 1 aromatic heterocycles. The van der Waals surface area contributed by atoms with Crippen LogP contribution in [0.3, 0.4) is 0 Å². The number of aliphatic carboxylic acids is 1. The highest BCUT2D eigenvalue weighted by Crippen LogP contribution is 2.46. The van der Waals surface area contributed by atoms with E-state index in [1.165, 1.54) is 6.07 Å². The Balaban J connectivity index is 1.29. The molecule has 0 radical (unpaired) electrons. The van der Waals surface area contributed by atoms with Gasteiger partial charge in [-0.15, -0.1) is 0 Å². The van der Waals surface area contributed by atoms with Gasteiger partial charge >= 0.3 is 17.9 Å². The summed E-state index contributed by atoms with van der Waals surface area (Å²) >= 11 is 0. The normalized spacial score (nSPS) is 20.8. The predicted molar refractivity (Wildman–Crippen MR) is 167 cm³/mol. The summed E-state index contributed by atoms with van der Waals surface area (Å²) in [6.45, 7) is 3.92. The highest BCUT2D eigenvalue weighted by Gasteiger charge is 2.53. The number of pyridine rings is 1. The number of aliphatic hydroxyl groups excluding tert-OH is 1. The van der Waals surface area contributed by atoms with Gasteiger partial charge in [0, 0.05) is 29.5 Å². The maximum absolute atomic E-state index is 13.3. The van der Waals surface area contributed by atoms with Crippen molar-refractivity contribution in [2.24, 2.45) is 0 Å². The quantitative estimate of drug-likeness (QED) is 0.174. The topological polar surface area (TPSA) is 176 Å². The molecule has 3 atom stereocenters. The Labute approximate surface area is 267 Å². The molecule has 1 amide bonds. The molecule has 246 valence electrons. The molecule has 3 aliphatic rings. The molecule has 0 bridgehead atoms. The Morgan fingerprint density at radius 3 is 2.63 bits per heavy atom. The zero-order valence-electron chi connectivity index (χ0n) is 26.2. The van der Waals surface area contributed by atoms with Crippen LogP contribution in [0.2, 0.25) is 0 Å². The third-order valence-electron chi connectivity index (χ3n) is 8.95. The number of hydrogen-bond donors (Lipinski definition) is 4. The molecule has 4 N–H and O–H groups in total. The van der Waals surface area contributed by atoms with Gasteiger partial charge in [0.2, 0.25) is 11.5 Å². The van der Waals surface area contributed by atoms with Gasteiger partial charge in [-0.3, -0.25) is 9.59 Å². The first-order chi connectivity index (χ1) is 22.1. The molecule has 1 aromatic carbocycles. The van der Waals surface area contributed by atoms with E-state index in [2.05, 4.69) is 12.2 Å². The molecule has 12 nitrogen and oxygen atoms in total. The number of hydrogen-bond acceptors (Lipinski definition) is 10. The summed E-state index contributed by atoms with van der Waals surface area (Å²) in [5.41, 5.74) is 1.46. The van der Waals surface area contributed by atoms with Crippen LogP contribution >= 0.6 is 0 Å². The van der Waals surface area contributed by atoms with Crippen molar-refractivity contribution < 1.29 is 44.0 Å². The smallest absolute Gasteiger partial charge is 0.355 e. The van der Waals surface area contributed by atoms with Crippen molar-refractivity contribution in [1.29, 1.82) is 0 Å². The van der Waals surface area contributed by atoms with Gasteiger partial charge in [0.1, 0.15) is 18.4 Å². The van der Waals surface area contributed by atoms with Crippen LogP contribution in [0.1, 0.15) is 89.3 Å². The third-order valence-corrected chi connectivity index (χ3v) is 8.95. The van der Waals surface area contributed by atoms with E-state index in [1.807, 2.05) is 6.07 Å². The van der Waals surface area contributed by atoms with Crippen molar-refractivity contribution in [3.8, 4) is 5.75 Å². The summed E-state index contributed by atoms with van der Waals surface area (Å²) in [6.07, 6.45) is 6.02. The van der Waals surface area contributed by atoms with Crippen molar-refractivity contribution in [3.05, 3.63) is 52.7 Å². The van der Waals surface area contributed by atoms with E-state index >= 15 is 0 Å². The van der Waals surface area contributed by atoms with Crippen LogP contribution in [0.15, 0.2) is 41.5 Å². The van der Waals surface area contributed by atoms with Crippen LogP contribution in [0, 0.1) is 0 Å². The second-order valence-electron chi connectivity index (χ2n) is 12.1. The number of carboxylic acids is 1. The molecule has 0 saturated heterocycles. The molecule has 0 spiro atoms. The predicted octanol–water partition coefficient (Wildman–Crippen LogP) is 4.07. The Hall–Kier alpha value is -4.45. The van der Waals surface area contributed by atoms with Crippen LogP contribution in [0.25, 0.3) is 16.6 Å². The lowest BCUT2D eigenvalue weighted by molar-refractivity contribution is -0.181. The second kappa shape index (κ2) is 13.9. The SMILES string of the molecule is CCCCCCCCC(NC(=O)CCC(=O)O[C@]1(CC)C(=O)OCC2=C1C=C1c3nc4ccc(O)cc4cc3CN1C2O)C(=O)O. The van der Waals surface area contributed by atoms with E-state index in [1.54, 1.807) is 30.0 Å². The number of carbonyl (C=O) groups is 4. The number of rotatable bonds is 14. The van der Waals surface area contributed by atoms with Crippen molar-refractivity contribution >= 4 is 40.4 Å². The summed E-state index contributed by atoms with van der Waals surface area (Å²) < 4.78 is 11.2. The number of phenolic OH excluding ortho intramolecular Hbond substituents is 1. The molecule has 2 unspecified atom stereocenters. The molecule has 2 aromatic rings. The van der Waals surface area contributed by atoms with Crippen LogP contribution in [-0.2, 0) is 35.2 Å². The number of aliphatic hydroxyl groups is 1. The molecule has 3 aliphatic heterocycles.